The summed E-state index contributed by atoms with van der Waals surface area (Å²) in [5.74, 6) is 0.928. The highest BCUT2D eigenvalue weighted by Gasteiger charge is 2.01. The Morgan fingerprint density at radius 3 is 2.58 bits per heavy atom. The molecular formula is C16H16BrNS. The van der Waals surface area contributed by atoms with Gasteiger partial charge in [-0.05, 0) is 29.8 Å². The number of benzene rings is 2. The van der Waals surface area contributed by atoms with E-state index in [0.717, 1.165) is 16.8 Å². The molecule has 19 heavy (non-hydrogen) atoms. The predicted molar refractivity (Wildman–Crippen MR) is 88.8 cm³/mol. The first-order chi connectivity index (χ1) is 9.29. The third-order valence-corrected chi connectivity index (χ3v) is 4.24. The van der Waals surface area contributed by atoms with Crippen molar-refractivity contribution in [1.29, 1.82) is 0 Å². The zero-order valence-corrected chi connectivity index (χ0v) is 13.0. The molecule has 0 saturated carbocycles. The van der Waals surface area contributed by atoms with Crippen LogP contribution in [0.5, 0.6) is 0 Å². The Hall–Kier alpha value is -1.19. The summed E-state index contributed by atoms with van der Waals surface area (Å²) in [7, 11) is 0. The van der Waals surface area contributed by atoms with Gasteiger partial charge >= 0.3 is 0 Å². The van der Waals surface area contributed by atoms with Crippen LogP contribution in [-0.4, -0.2) is 5.75 Å². The Morgan fingerprint density at radius 1 is 1.11 bits per heavy atom. The monoisotopic (exact) mass is 333 g/mol. The predicted octanol–water partition coefficient (Wildman–Crippen LogP) is 5.34. The number of hydrogen-bond acceptors (Lipinski definition) is 2. The van der Waals surface area contributed by atoms with E-state index in [9.17, 15) is 0 Å². The van der Waals surface area contributed by atoms with E-state index in [1.807, 2.05) is 6.08 Å². The SMILES string of the molecule is C=CCSc1ccccc1NCc1ccc(Br)cc1. The highest BCUT2D eigenvalue weighted by Crippen LogP contribution is 2.27. The quantitative estimate of drug-likeness (QED) is 0.565. The number of rotatable bonds is 6. The van der Waals surface area contributed by atoms with Crippen molar-refractivity contribution in [2.24, 2.45) is 0 Å². The molecule has 2 aromatic rings. The van der Waals surface area contributed by atoms with Gasteiger partial charge in [-0.2, -0.15) is 0 Å². The summed E-state index contributed by atoms with van der Waals surface area (Å²) < 4.78 is 1.11. The van der Waals surface area contributed by atoms with Crippen LogP contribution < -0.4 is 5.32 Å². The fourth-order valence-electron chi connectivity index (χ4n) is 1.69. The first-order valence-corrected chi connectivity index (χ1v) is 7.88. The van der Waals surface area contributed by atoms with E-state index in [-0.39, 0.29) is 0 Å². The first kappa shape index (κ1) is 14.2. The summed E-state index contributed by atoms with van der Waals surface area (Å²) in [6, 6.07) is 16.7. The maximum atomic E-state index is 3.76. The minimum Gasteiger partial charge on any atom is -0.380 e. The fourth-order valence-corrected chi connectivity index (χ4v) is 2.72. The standard InChI is InChI=1S/C16H16BrNS/c1-2-11-19-16-6-4-3-5-15(16)18-12-13-7-9-14(17)10-8-13/h2-10,18H,1,11-12H2. The molecule has 0 aliphatic heterocycles. The van der Waals surface area contributed by atoms with Crippen molar-refractivity contribution >= 4 is 33.4 Å². The molecule has 0 bridgehead atoms. The van der Waals surface area contributed by atoms with E-state index in [1.165, 1.54) is 16.1 Å². The Kier molecular flexibility index (Phi) is 5.55. The van der Waals surface area contributed by atoms with Gasteiger partial charge in [0, 0.05) is 27.4 Å². The summed E-state index contributed by atoms with van der Waals surface area (Å²) in [4.78, 5) is 1.26. The van der Waals surface area contributed by atoms with Crippen LogP contribution in [0.4, 0.5) is 5.69 Å². The molecule has 0 radical (unpaired) electrons. The average Bonchev–Trinajstić information content (AvgIpc) is 2.45. The molecule has 0 heterocycles. The molecular weight excluding hydrogens is 318 g/mol. The topological polar surface area (TPSA) is 12.0 Å². The van der Waals surface area contributed by atoms with Crippen LogP contribution in [0.3, 0.4) is 0 Å². The van der Waals surface area contributed by atoms with Crippen molar-refractivity contribution in [2.75, 3.05) is 11.1 Å². The summed E-state index contributed by atoms with van der Waals surface area (Å²) in [5, 5.41) is 3.49. The second kappa shape index (κ2) is 7.41. The molecule has 0 unspecified atom stereocenters. The van der Waals surface area contributed by atoms with E-state index < -0.39 is 0 Å². The molecule has 1 N–H and O–H groups in total. The zero-order valence-electron chi connectivity index (χ0n) is 10.6. The third-order valence-electron chi connectivity index (χ3n) is 2.64. The van der Waals surface area contributed by atoms with Gasteiger partial charge in [-0.1, -0.05) is 46.3 Å². The lowest BCUT2D eigenvalue weighted by atomic mass is 10.2. The second-order valence-corrected chi connectivity index (χ2v) is 6.05. The molecule has 1 nitrogen and oxygen atoms in total. The first-order valence-electron chi connectivity index (χ1n) is 6.10. The summed E-state index contributed by atoms with van der Waals surface area (Å²) in [6.07, 6.45) is 1.93. The minimum atomic E-state index is 0.832. The van der Waals surface area contributed by atoms with Crippen LogP contribution in [0.15, 0.2) is 70.6 Å². The van der Waals surface area contributed by atoms with Crippen LogP contribution in [0, 0.1) is 0 Å². The third kappa shape index (κ3) is 4.44. The van der Waals surface area contributed by atoms with Crippen LogP contribution in [0.1, 0.15) is 5.56 Å². The smallest absolute Gasteiger partial charge is 0.0481 e. The minimum absolute atomic E-state index is 0.832. The molecule has 2 aromatic carbocycles. The number of hydrogen-bond donors (Lipinski definition) is 1. The van der Waals surface area contributed by atoms with E-state index in [2.05, 4.69) is 76.4 Å². The largest absolute Gasteiger partial charge is 0.380 e. The number of para-hydroxylation sites is 1. The van der Waals surface area contributed by atoms with E-state index in [4.69, 9.17) is 0 Å². The number of thioether (sulfide) groups is 1. The normalized spacial score (nSPS) is 10.2. The van der Waals surface area contributed by atoms with Crippen LogP contribution >= 0.6 is 27.7 Å². The lowest BCUT2D eigenvalue weighted by Gasteiger charge is -2.11. The molecule has 98 valence electrons. The summed E-state index contributed by atoms with van der Waals surface area (Å²) >= 11 is 5.24. The summed E-state index contributed by atoms with van der Waals surface area (Å²) in [6.45, 7) is 4.59. The van der Waals surface area contributed by atoms with Gasteiger partial charge in [-0.3, -0.25) is 0 Å². The van der Waals surface area contributed by atoms with Crippen LogP contribution in [0.25, 0.3) is 0 Å². The van der Waals surface area contributed by atoms with E-state index in [1.54, 1.807) is 11.8 Å². The maximum Gasteiger partial charge on any atom is 0.0481 e. The molecule has 3 heteroatoms. The molecule has 0 aromatic heterocycles. The Bertz CT molecular complexity index is 537. The zero-order chi connectivity index (χ0) is 13.5. The lowest BCUT2D eigenvalue weighted by Crippen LogP contribution is -2.00. The van der Waals surface area contributed by atoms with Gasteiger partial charge in [0.1, 0.15) is 0 Å². The van der Waals surface area contributed by atoms with Gasteiger partial charge in [-0.25, -0.2) is 0 Å². The average molecular weight is 334 g/mol. The Balaban J connectivity index is 2.02. The van der Waals surface area contributed by atoms with Crippen molar-refractivity contribution < 1.29 is 0 Å². The number of anilines is 1. The van der Waals surface area contributed by atoms with Gasteiger partial charge in [0.05, 0.1) is 0 Å². The van der Waals surface area contributed by atoms with Gasteiger partial charge in [-0.15, -0.1) is 18.3 Å². The lowest BCUT2D eigenvalue weighted by molar-refractivity contribution is 1.13. The number of halogens is 1. The van der Waals surface area contributed by atoms with Crippen LogP contribution in [-0.2, 0) is 6.54 Å². The molecule has 0 amide bonds. The van der Waals surface area contributed by atoms with Gasteiger partial charge in [0.25, 0.3) is 0 Å². The fraction of sp³-hybridized carbons (Fsp3) is 0.125. The highest BCUT2D eigenvalue weighted by atomic mass is 79.9. The van der Waals surface area contributed by atoms with Crippen molar-refractivity contribution in [3.63, 3.8) is 0 Å². The Labute approximate surface area is 127 Å². The van der Waals surface area contributed by atoms with Gasteiger partial charge in [0.2, 0.25) is 0 Å². The molecule has 0 fully saturated rings. The van der Waals surface area contributed by atoms with E-state index >= 15 is 0 Å². The molecule has 0 aliphatic rings. The van der Waals surface area contributed by atoms with E-state index in [0.29, 0.717) is 0 Å². The molecule has 0 aliphatic carbocycles. The van der Waals surface area contributed by atoms with Gasteiger partial charge < -0.3 is 5.32 Å². The van der Waals surface area contributed by atoms with Crippen LogP contribution in [0.2, 0.25) is 0 Å². The van der Waals surface area contributed by atoms with Crippen molar-refractivity contribution in [2.45, 2.75) is 11.4 Å². The van der Waals surface area contributed by atoms with Crippen molar-refractivity contribution in [3.05, 3.63) is 71.2 Å². The van der Waals surface area contributed by atoms with Crippen molar-refractivity contribution in [3.8, 4) is 0 Å². The second-order valence-electron chi connectivity index (χ2n) is 4.08. The molecule has 2 rings (SSSR count). The molecule has 0 spiro atoms. The highest BCUT2D eigenvalue weighted by molar-refractivity contribution is 9.10. The molecule has 0 saturated heterocycles. The summed E-state index contributed by atoms with van der Waals surface area (Å²) in [5.41, 5.74) is 2.45. The maximum absolute atomic E-state index is 3.76. The Morgan fingerprint density at radius 2 is 1.84 bits per heavy atom. The van der Waals surface area contributed by atoms with Gasteiger partial charge in [0.15, 0.2) is 0 Å². The number of nitrogens with one attached hydrogen (secondary N) is 1. The van der Waals surface area contributed by atoms with Crippen molar-refractivity contribution in [1.82, 2.24) is 0 Å². The molecule has 0 atom stereocenters.